The van der Waals surface area contributed by atoms with Crippen LogP contribution in [0.25, 0.3) is 0 Å². The summed E-state index contributed by atoms with van der Waals surface area (Å²) in [6.45, 7) is 1.65. The number of benzene rings is 2. The summed E-state index contributed by atoms with van der Waals surface area (Å²) in [7, 11) is 0. The van der Waals surface area contributed by atoms with Crippen molar-refractivity contribution in [2.45, 2.75) is 6.92 Å². The highest BCUT2D eigenvalue weighted by molar-refractivity contribution is 9.10. The molecule has 0 atom stereocenters. The van der Waals surface area contributed by atoms with Gasteiger partial charge in [-0.2, -0.15) is 0 Å². The fourth-order valence-electron chi connectivity index (χ4n) is 1.81. The third-order valence-electron chi connectivity index (χ3n) is 2.89. The maximum atomic E-state index is 11.7. The van der Waals surface area contributed by atoms with Crippen molar-refractivity contribution < 1.29 is 14.3 Å². The van der Waals surface area contributed by atoms with Crippen LogP contribution in [-0.2, 0) is 4.79 Å². The smallest absolute Gasteiger partial charge is 0.337 e. The Morgan fingerprint density at radius 2 is 1.96 bits per heavy atom. The highest BCUT2D eigenvalue weighted by Gasteiger charge is 2.07. The summed E-state index contributed by atoms with van der Waals surface area (Å²) in [4.78, 5) is 23.4. The van der Waals surface area contributed by atoms with E-state index in [9.17, 15) is 9.59 Å². The van der Waals surface area contributed by atoms with Crippen molar-refractivity contribution in [1.29, 1.82) is 0 Å². The molecule has 0 unspecified atom stereocenters. The summed E-state index contributed by atoms with van der Waals surface area (Å²) in [6, 6.07) is 11.5. The largest absolute Gasteiger partial charge is 0.483 e. The summed E-state index contributed by atoms with van der Waals surface area (Å²) in [5.74, 6) is 0.107. The number of halogens is 2. The number of aryl methyl sites for hydroxylation is 1. The molecule has 24 heavy (non-hydrogen) atoms. The molecule has 0 aliphatic heterocycles. The van der Waals surface area contributed by atoms with Crippen LogP contribution in [0.1, 0.15) is 5.56 Å². The van der Waals surface area contributed by atoms with E-state index in [0.717, 1.165) is 10.0 Å². The van der Waals surface area contributed by atoms with E-state index < -0.39 is 11.9 Å². The Morgan fingerprint density at radius 3 is 2.67 bits per heavy atom. The number of rotatable bonds is 4. The van der Waals surface area contributed by atoms with Crippen molar-refractivity contribution in [1.82, 2.24) is 10.9 Å². The van der Waals surface area contributed by atoms with E-state index in [4.69, 9.17) is 16.3 Å². The molecule has 0 radical (unpaired) electrons. The maximum Gasteiger partial charge on any atom is 0.337 e. The highest BCUT2D eigenvalue weighted by atomic mass is 79.9. The van der Waals surface area contributed by atoms with Gasteiger partial charge in [-0.25, -0.2) is 10.2 Å². The SMILES string of the molecule is Cc1cc(Br)ccc1OCC(=O)NNC(=O)Nc1cccc(Cl)c1. The van der Waals surface area contributed by atoms with Crippen molar-refractivity contribution in [3.63, 3.8) is 0 Å². The third kappa shape index (κ3) is 5.75. The second-order valence-electron chi connectivity index (χ2n) is 4.84. The molecule has 0 heterocycles. The van der Waals surface area contributed by atoms with Crippen LogP contribution in [0.15, 0.2) is 46.9 Å². The maximum absolute atomic E-state index is 11.7. The third-order valence-corrected chi connectivity index (χ3v) is 3.62. The Morgan fingerprint density at radius 1 is 1.17 bits per heavy atom. The van der Waals surface area contributed by atoms with Gasteiger partial charge in [-0.05, 0) is 48.9 Å². The van der Waals surface area contributed by atoms with Crippen LogP contribution >= 0.6 is 27.5 Å². The number of carbonyl (C=O) groups excluding carboxylic acids is 2. The zero-order valence-electron chi connectivity index (χ0n) is 12.7. The molecule has 0 aliphatic carbocycles. The van der Waals surface area contributed by atoms with Crippen molar-refractivity contribution in [2.24, 2.45) is 0 Å². The molecular formula is C16H15BrClN3O3. The van der Waals surface area contributed by atoms with Crippen LogP contribution < -0.4 is 20.9 Å². The van der Waals surface area contributed by atoms with E-state index in [1.165, 1.54) is 0 Å². The second kappa shape index (κ2) is 8.56. The Kier molecular flexibility index (Phi) is 6.45. The zero-order valence-corrected chi connectivity index (χ0v) is 15.1. The van der Waals surface area contributed by atoms with Gasteiger partial charge < -0.3 is 10.1 Å². The molecule has 6 nitrogen and oxygen atoms in total. The van der Waals surface area contributed by atoms with Gasteiger partial charge in [0.1, 0.15) is 5.75 Å². The van der Waals surface area contributed by atoms with Gasteiger partial charge >= 0.3 is 6.03 Å². The molecule has 8 heteroatoms. The lowest BCUT2D eigenvalue weighted by molar-refractivity contribution is -0.123. The van der Waals surface area contributed by atoms with Gasteiger partial charge in [-0.1, -0.05) is 33.6 Å². The second-order valence-corrected chi connectivity index (χ2v) is 6.19. The van der Waals surface area contributed by atoms with Crippen LogP contribution in [-0.4, -0.2) is 18.5 Å². The number of carbonyl (C=O) groups is 2. The minimum atomic E-state index is -0.592. The summed E-state index contributed by atoms with van der Waals surface area (Å²) in [5.41, 5.74) is 5.88. The average Bonchev–Trinajstić information content (AvgIpc) is 2.52. The van der Waals surface area contributed by atoms with E-state index in [0.29, 0.717) is 16.5 Å². The highest BCUT2D eigenvalue weighted by Crippen LogP contribution is 2.21. The van der Waals surface area contributed by atoms with Crippen molar-refractivity contribution >= 4 is 45.2 Å². The number of amides is 3. The number of hydrogen-bond acceptors (Lipinski definition) is 3. The van der Waals surface area contributed by atoms with Crippen LogP contribution in [0.3, 0.4) is 0 Å². The lowest BCUT2D eigenvalue weighted by Gasteiger charge is -2.11. The first-order valence-corrected chi connectivity index (χ1v) is 8.11. The lowest BCUT2D eigenvalue weighted by atomic mass is 10.2. The van der Waals surface area contributed by atoms with E-state index in [1.807, 2.05) is 19.1 Å². The molecule has 0 aliphatic rings. The lowest BCUT2D eigenvalue weighted by Crippen LogP contribution is -2.45. The van der Waals surface area contributed by atoms with Gasteiger partial charge in [-0.3, -0.25) is 10.2 Å². The molecule has 0 aromatic heterocycles. The number of nitrogens with one attached hydrogen (secondary N) is 3. The average molecular weight is 413 g/mol. The Hall–Kier alpha value is -2.25. The predicted molar refractivity (Wildman–Crippen MR) is 96.1 cm³/mol. The Labute approximate surface area is 152 Å². The molecule has 2 aromatic carbocycles. The van der Waals surface area contributed by atoms with E-state index >= 15 is 0 Å². The fourth-order valence-corrected chi connectivity index (χ4v) is 2.48. The number of anilines is 1. The fraction of sp³-hybridized carbons (Fsp3) is 0.125. The Balaban J connectivity index is 1.75. The van der Waals surface area contributed by atoms with Gasteiger partial charge in [-0.15, -0.1) is 0 Å². The molecule has 3 N–H and O–H groups in total. The first-order valence-electron chi connectivity index (χ1n) is 6.94. The first kappa shape index (κ1) is 18.1. The summed E-state index contributed by atoms with van der Waals surface area (Å²) < 4.78 is 6.32. The number of hydrazine groups is 1. The molecule has 0 bridgehead atoms. The molecule has 2 rings (SSSR count). The minimum absolute atomic E-state index is 0.222. The van der Waals surface area contributed by atoms with Crippen molar-refractivity contribution in [3.8, 4) is 5.75 Å². The summed E-state index contributed by atoms with van der Waals surface area (Å²) in [5, 5.41) is 3.03. The molecule has 3 amide bonds. The van der Waals surface area contributed by atoms with Gasteiger partial charge in [0, 0.05) is 15.2 Å². The van der Waals surface area contributed by atoms with Crippen LogP contribution in [0, 0.1) is 6.92 Å². The van der Waals surface area contributed by atoms with Crippen LogP contribution in [0.4, 0.5) is 10.5 Å². The Bertz CT molecular complexity index is 755. The quantitative estimate of drug-likeness (QED) is 0.671. The van der Waals surface area contributed by atoms with Crippen molar-refractivity contribution in [2.75, 3.05) is 11.9 Å². The normalized spacial score (nSPS) is 9.96. The monoisotopic (exact) mass is 411 g/mol. The minimum Gasteiger partial charge on any atom is -0.483 e. The molecular weight excluding hydrogens is 398 g/mol. The number of ether oxygens (including phenoxy) is 1. The molecule has 2 aromatic rings. The molecule has 0 fully saturated rings. The predicted octanol–water partition coefficient (Wildman–Crippen LogP) is 3.64. The van der Waals surface area contributed by atoms with Crippen LogP contribution in [0.2, 0.25) is 5.02 Å². The molecule has 0 saturated heterocycles. The standard InChI is InChI=1S/C16H15BrClN3O3/c1-10-7-11(17)5-6-14(10)24-9-15(22)20-21-16(23)19-13-4-2-3-12(18)8-13/h2-8H,9H2,1H3,(H,20,22)(H2,19,21,23). The van der Waals surface area contributed by atoms with Gasteiger partial charge in [0.2, 0.25) is 0 Å². The zero-order chi connectivity index (χ0) is 17.5. The molecule has 0 saturated carbocycles. The number of hydrogen-bond donors (Lipinski definition) is 3. The first-order chi connectivity index (χ1) is 11.4. The number of urea groups is 1. The summed E-state index contributed by atoms with van der Waals surface area (Å²) >= 11 is 9.17. The van der Waals surface area contributed by atoms with Gasteiger partial charge in [0.25, 0.3) is 5.91 Å². The van der Waals surface area contributed by atoms with Crippen LogP contribution in [0.5, 0.6) is 5.75 Å². The van der Waals surface area contributed by atoms with E-state index in [1.54, 1.807) is 30.3 Å². The van der Waals surface area contributed by atoms with E-state index in [-0.39, 0.29) is 6.61 Å². The topological polar surface area (TPSA) is 79.5 Å². The summed E-state index contributed by atoms with van der Waals surface area (Å²) in [6.07, 6.45) is 0. The van der Waals surface area contributed by atoms with Crippen molar-refractivity contribution in [3.05, 3.63) is 57.5 Å². The van der Waals surface area contributed by atoms with Gasteiger partial charge in [0.15, 0.2) is 6.61 Å². The van der Waals surface area contributed by atoms with E-state index in [2.05, 4.69) is 32.1 Å². The molecule has 0 spiro atoms. The molecule has 126 valence electrons. The van der Waals surface area contributed by atoms with Gasteiger partial charge in [0.05, 0.1) is 0 Å².